The summed E-state index contributed by atoms with van der Waals surface area (Å²) in [6.07, 6.45) is 3.69. The number of β-amino-alcohol motifs (C(OH)–C–C–N with tert-alkyl or cyclic N) is 1. The molecule has 0 saturated carbocycles. The molecule has 178 valence electrons. The van der Waals surface area contributed by atoms with Crippen LogP contribution in [0.25, 0.3) is 11.1 Å². The van der Waals surface area contributed by atoms with Crippen molar-refractivity contribution in [2.24, 2.45) is 0 Å². The highest BCUT2D eigenvalue weighted by Gasteiger charge is 2.31. The number of carbonyl (C=O) groups is 1. The van der Waals surface area contributed by atoms with Gasteiger partial charge in [-0.1, -0.05) is 0 Å². The van der Waals surface area contributed by atoms with Gasteiger partial charge in [-0.2, -0.15) is 13.2 Å². The molecule has 6 nitrogen and oxygen atoms in total. The van der Waals surface area contributed by atoms with Crippen LogP contribution in [0.3, 0.4) is 0 Å². The van der Waals surface area contributed by atoms with Crippen LogP contribution in [0.1, 0.15) is 16.8 Å². The number of carbonyl (C=O) groups excluding carboxylic acids is 1. The Labute approximate surface area is 194 Å². The average molecular weight is 496 g/mol. The number of aromatic nitrogens is 2. The Morgan fingerprint density at radius 1 is 1.15 bits per heavy atom. The second-order valence-corrected chi connectivity index (χ2v) is 8.63. The summed E-state index contributed by atoms with van der Waals surface area (Å²) in [5.41, 5.74) is -3.88. The lowest BCUT2D eigenvalue weighted by atomic mass is 10.1. The molecule has 12 heteroatoms. The number of hydrogen-bond acceptors (Lipinski definition) is 6. The molecule has 0 unspecified atom stereocenters. The number of amides is 1. The second kappa shape index (κ2) is 9.55. The van der Waals surface area contributed by atoms with Crippen LogP contribution in [0.5, 0.6) is 0 Å². The molecule has 2 N–H and O–H groups in total. The third kappa shape index (κ3) is 5.62. The molecule has 1 saturated heterocycles. The highest BCUT2D eigenvalue weighted by Crippen LogP contribution is 2.39. The summed E-state index contributed by atoms with van der Waals surface area (Å²) in [6.45, 7) is 0.826. The molecule has 0 spiro atoms. The molecule has 4 rings (SSSR count). The normalized spacial score (nSPS) is 16.1. The first-order valence-corrected chi connectivity index (χ1v) is 10.8. The number of alkyl halides is 3. The Kier molecular flexibility index (Phi) is 6.71. The van der Waals surface area contributed by atoms with Crippen LogP contribution in [0.4, 0.5) is 33.5 Å². The zero-order valence-electron chi connectivity index (χ0n) is 17.3. The van der Waals surface area contributed by atoms with Crippen molar-refractivity contribution in [3.8, 4) is 11.1 Å². The summed E-state index contributed by atoms with van der Waals surface area (Å²) in [5.74, 6) is -1.98. The minimum atomic E-state index is -4.65. The van der Waals surface area contributed by atoms with Crippen molar-refractivity contribution in [1.82, 2.24) is 9.97 Å². The maximum absolute atomic E-state index is 14.1. The van der Waals surface area contributed by atoms with E-state index in [1.165, 1.54) is 24.5 Å². The van der Waals surface area contributed by atoms with Gasteiger partial charge in [-0.25, -0.2) is 13.8 Å². The molecule has 1 aliphatic rings. The number of nitrogens with zero attached hydrogens (tertiary/aromatic N) is 3. The number of anilines is 2. The van der Waals surface area contributed by atoms with Gasteiger partial charge in [-0.05, 0) is 48.5 Å². The van der Waals surface area contributed by atoms with E-state index in [0.717, 1.165) is 24.4 Å². The van der Waals surface area contributed by atoms with Gasteiger partial charge < -0.3 is 15.3 Å². The van der Waals surface area contributed by atoms with Gasteiger partial charge in [0.25, 0.3) is 5.91 Å². The van der Waals surface area contributed by atoms with E-state index in [2.05, 4.69) is 15.3 Å². The summed E-state index contributed by atoms with van der Waals surface area (Å²) in [6, 6.07) is 5.56. The molecule has 34 heavy (non-hydrogen) atoms. The van der Waals surface area contributed by atoms with Gasteiger partial charge >= 0.3 is 5.51 Å². The van der Waals surface area contributed by atoms with Crippen molar-refractivity contribution in [2.45, 2.75) is 22.9 Å². The zero-order chi connectivity index (χ0) is 24.5. The fourth-order valence-corrected chi connectivity index (χ4v) is 4.07. The first kappa shape index (κ1) is 23.9. The van der Waals surface area contributed by atoms with Gasteiger partial charge in [0, 0.05) is 42.3 Å². The molecule has 1 amide bonds. The van der Waals surface area contributed by atoms with E-state index in [-0.39, 0.29) is 11.3 Å². The van der Waals surface area contributed by atoms with E-state index in [9.17, 15) is 31.9 Å². The molecule has 1 aliphatic heterocycles. The molecule has 0 aliphatic carbocycles. The first-order chi connectivity index (χ1) is 16.1. The van der Waals surface area contributed by atoms with E-state index in [4.69, 9.17) is 0 Å². The number of rotatable bonds is 5. The maximum atomic E-state index is 14.1. The van der Waals surface area contributed by atoms with Crippen LogP contribution in [-0.2, 0) is 0 Å². The lowest BCUT2D eigenvalue weighted by Crippen LogP contribution is -2.23. The lowest BCUT2D eigenvalue weighted by Gasteiger charge is -2.21. The Bertz CT molecular complexity index is 1220. The number of thioether (sulfide) groups is 1. The topological polar surface area (TPSA) is 78.4 Å². The highest BCUT2D eigenvalue weighted by molar-refractivity contribution is 8.00. The Morgan fingerprint density at radius 2 is 1.94 bits per heavy atom. The molecule has 3 heterocycles. The minimum Gasteiger partial charge on any atom is -0.391 e. The minimum absolute atomic E-state index is 0.0465. The fourth-order valence-electron chi connectivity index (χ4n) is 3.53. The third-order valence-corrected chi connectivity index (χ3v) is 5.81. The summed E-state index contributed by atoms with van der Waals surface area (Å²) in [7, 11) is 0. The zero-order valence-corrected chi connectivity index (χ0v) is 18.1. The summed E-state index contributed by atoms with van der Waals surface area (Å²) in [5, 5.41) is 12.3. The van der Waals surface area contributed by atoms with Crippen LogP contribution in [-0.4, -0.2) is 45.7 Å². The van der Waals surface area contributed by atoms with Gasteiger partial charge in [0.2, 0.25) is 0 Å². The van der Waals surface area contributed by atoms with E-state index in [1.54, 1.807) is 4.90 Å². The van der Waals surface area contributed by atoms with Crippen molar-refractivity contribution < 1.29 is 31.9 Å². The third-order valence-electron chi connectivity index (χ3n) is 5.02. The quantitative estimate of drug-likeness (QED) is 0.388. The van der Waals surface area contributed by atoms with Crippen molar-refractivity contribution in [1.29, 1.82) is 0 Å². The Morgan fingerprint density at radius 3 is 2.59 bits per heavy atom. The number of pyridine rings is 2. The molecule has 1 fully saturated rings. The largest absolute Gasteiger partial charge is 0.446 e. The van der Waals surface area contributed by atoms with Gasteiger partial charge in [-0.3, -0.25) is 9.78 Å². The monoisotopic (exact) mass is 496 g/mol. The van der Waals surface area contributed by atoms with Crippen LogP contribution < -0.4 is 10.2 Å². The number of aliphatic hydroxyl groups is 1. The average Bonchev–Trinajstić information content (AvgIpc) is 3.20. The smallest absolute Gasteiger partial charge is 0.391 e. The Hall–Kier alpha value is -3.25. The van der Waals surface area contributed by atoms with E-state index in [0.29, 0.717) is 36.5 Å². The van der Waals surface area contributed by atoms with E-state index < -0.39 is 45.8 Å². The number of aliphatic hydroxyl groups excluding tert-OH is 1. The summed E-state index contributed by atoms with van der Waals surface area (Å²) in [4.78, 5) is 22.1. The summed E-state index contributed by atoms with van der Waals surface area (Å²) >= 11 is -0.591. The molecule has 1 atom stereocenters. The van der Waals surface area contributed by atoms with E-state index in [1.807, 2.05) is 0 Å². The molecule has 3 aromatic rings. The van der Waals surface area contributed by atoms with Crippen molar-refractivity contribution in [3.05, 3.63) is 66.1 Å². The lowest BCUT2D eigenvalue weighted by molar-refractivity contribution is -0.0329. The number of benzene rings is 1. The van der Waals surface area contributed by atoms with E-state index >= 15 is 0 Å². The fraction of sp³-hybridized carbons (Fsp3) is 0.227. The van der Waals surface area contributed by atoms with Gasteiger partial charge in [0.15, 0.2) is 0 Å². The number of halogens is 5. The maximum Gasteiger partial charge on any atom is 0.446 e. The molecular formula is C22H17F5N4O2S. The predicted molar refractivity (Wildman–Crippen MR) is 117 cm³/mol. The van der Waals surface area contributed by atoms with Crippen LogP contribution in [0.15, 0.2) is 53.8 Å². The van der Waals surface area contributed by atoms with Crippen molar-refractivity contribution in [3.63, 3.8) is 0 Å². The van der Waals surface area contributed by atoms with Gasteiger partial charge in [0.1, 0.15) is 17.5 Å². The SMILES string of the molecule is O=C(Nc1ccc(SC(F)(F)F)c(F)c1)c1cnc(N2CC[C@@H](O)C2)c(-c2cncc(F)c2)c1. The molecular weight excluding hydrogens is 479 g/mol. The van der Waals surface area contributed by atoms with Gasteiger partial charge in [0.05, 0.1) is 22.8 Å². The van der Waals surface area contributed by atoms with Crippen molar-refractivity contribution in [2.75, 3.05) is 23.3 Å². The van der Waals surface area contributed by atoms with Crippen LogP contribution in [0, 0.1) is 11.6 Å². The van der Waals surface area contributed by atoms with Crippen molar-refractivity contribution >= 4 is 29.2 Å². The predicted octanol–water partition coefficient (Wildman–Crippen LogP) is 4.86. The standard InChI is InChI=1S/C22H17F5N4O2S/c23-14-5-12(8-28-10-14)17-6-13(9-29-20(17)31-4-3-16(32)11-31)21(33)30-15-1-2-19(18(24)7-15)34-22(25,26)27/h1-2,5-10,16,32H,3-4,11H2,(H,30,33)/t16-/m1/s1. The Balaban J connectivity index is 1.62. The highest BCUT2D eigenvalue weighted by atomic mass is 32.2. The molecule has 2 aromatic heterocycles. The van der Waals surface area contributed by atoms with Crippen LogP contribution in [0.2, 0.25) is 0 Å². The second-order valence-electron chi connectivity index (χ2n) is 7.52. The molecule has 0 radical (unpaired) electrons. The van der Waals surface area contributed by atoms with Gasteiger partial charge in [-0.15, -0.1) is 0 Å². The summed E-state index contributed by atoms with van der Waals surface area (Å²) < 4.78 is 65.4. The number of nitrogens with one attached hydrogen (secondary N) is 1. The first-order valence-electron chi connectivity index (χ1n) is 10.00. The number of hydrogen-bond donors (Lipinski definition) is 2. The molecule has 0 bridgehead atoms. The molecule has 1 aromatic carbocycles. The van der Waals surface area contributed by atoms with Crippen LogP contribution >= 0.6 is 11.8 Å².